The quantitative estimate of drug-likeness (QED) is 0.900. The van der Waals surface area contributed by atoms with E-state index in [0.717, 1.165) is 23.0 Å². The summed E-state index contributed by atoms with van der Waals surface area (Å²) in [6, 6.07) is 6.38. The molecule has 4 heteroatoms. The normalized spacial score (nSPS) is 20.6. The molecule has 0 radical (unpaired) electrons. The summed E-state index contributed by atoms with van der Waals surface area (Å²) < 4.78 is 1.06. The van der Waals surface area contributed by atoms with Crippen molar-refractivity contribution in [2.45, 2.75) is 31.8 Å². The molecule has 1 saturated heterocycles. The van der Waals surface area contributed by atoms with Gasteiger partial charge in [-0.1, -0.05) is 22.0 Å². The maximum atomic E-state index is 9.47. The fourth-order valence-corrected chi connectivity index (χ4v) is 3.04. The number of aliphatic hydroxyl groups excluding tert-OH is 1. The van der Waals surface area contributed by atoms with Crippen LogP contribution < -0.4 is 10.6 Å². The van der Waals surface area contributed by atoms with Gasteiger partial charge >= 0.3 is 0 Å². The lowest BCUT2D eigenvalue weighted by molar-refractivity contribution is 0.240. The molecule has 0 aromatic heterocycles. The summed E-state index contributed by atoms with van der Waals surface area (Å²) in [5.41, 5.74) is 8.13. The molecule has 0 saturated carbocycles. The largest absolute Gasteiger partial charge is 0.394 e. The smallest absolute Gasteiger partial charge is 0.0635 e. The minimum Gasteiger partial charge on any atom is -0.394 e. The van der Waals surface area contributed by atoms with Crippen molar-refractivity contribution in [2.24, 2.45) is 5.73 Å². The molecule has 1 aliphatic heterocycles. The number of aliphatic hydroxyl groups is 1. The molecular formula is C13H19BrN2O. The van der Waals surface area contributed by atoms with E-state index in [2.05, 4.69) is 26.9 Å². The standard InChI is InChI=1S/C13H19BrN2O/c14-12-5-3-6-13(11(12)8-15)16-7-2-1-4-10(16)9-17/h3,5-6,10,17H,1-2,4,7-9,15H2. The molecule has 2 rings (SSSR count). The summed E-state index contributed by atoms with van der Waals surface area (Å²) in [6.45, 7) is 1.75. The van der Waals surface area contributed by atoms with Crippen molar-refractivity contribution in [3.8, 4) is 0 Å². The zero-order valence-corrected chi connectivity index (χ0v) is 11.5. The van der Waals surface area contributed by atoms with E-state index in [9.17, 15) is 5.11 Å². The van der Waals surface area contributed by atoms with Crippen molar-refractivity contribution in [3.05, 3.63) is 28.2 Å². The lowest BCUT2D eigenvalue weighted by Crippen LogP contribution is -2.42. The average Bonchev–Trinajstić information content (AvgIpc) is 2.38. The first-order valence-electron chi connectivity index (χ1n) is 6.13. The van der Waals surface area contributed by atoms with Crippen LogP contribution in [-0.2, 0) is 6.54 Å². The molecule has 3 nitrogen and oxygen atoms in total. The molecule has 0 amide bonds. The Labute approximate surface area is 111 Å². The Balaban J connectivity index is 2.34. The van der Waals surface area contributed by atoms with E-state index in [1.165, 1.54) is 18.5 Å². The molecule has 3 N–H and O–H groups in total. The van der Waals surface area contributed by atoms with Crippen LogP contribution in [-0.4, -0.2) is 24.3 Å². The topological polar surface area (TPSA) is 49.5 Å². The number of benzene rings is 1. The second kappa shape index (κ2) is 5.85. The Bertz CT molecular complexity index is 384. The van der Waals surface area contributed by atoms with Gasteiger partial charge in [-0.05, 0) is 31.4 Å². The molecule has 17 heavy (non-hydrogen) atoms. The maximum absolute atomic E-state index is 9.47. The van der Waals surface area contributed by atoms with Crippen LogP contribution in [0.3, 0.4) is 0 Å². The zero-order valence-electron chi connectivity index (χ0n) is 9.90. The first-order valence-corrected chi connectivity index (χ1v) is 6.92. The number of anilines is 1. The van der Waals surface area contributed by atoms with Gasteiger partial charge in [-0.15, -0.1) is 0 Å². The highest BCUT2D eigenvalue weighted by atomic mass is 79.9. The van der Waals surface area contributed by atoms with Crippen LogP contribution >= 0.6 is 15.9 Å². The predicted molar refractivity (Wildman–Crippen MR) is 74.1 cm³/mol. The summed E-state index contributed by atoms with van der Waals surface area (Å²) in [5, 5.41) is 9.47. The van der Waals surface area contributed by atoms with Crippen molar-refractivity contribution < 1.29 is 5.11 Å². The van der Waals surface area contributed by atoms with Crippen molar-refractivity contribution in [1.29, 1.82) is 0 Å². The number of halogens is 1. The molecule has 0 bridgehead atoms. The number of nitrogens with zero attached hydrogens (tertiary/aromatic N) is 1. The molecule has 94 valence electrons. The van der Waals surface area contributed by atoms with Crippen LogP contribution in [0.15, 0.2) is 22.7 Å². The molecule has 0 aliphatic carbocycles. The Morgan fingerprint density at radius 2 is 2.24 bits per heavy atom. The van der Waals surface area contributed by atoms with Gasteiger partial charge in [0, 0.05) is 28.8 Å². The van der Waals surface area contributed by atoms with E-state index in [0.29, 0.717) is 6.54 Å². The van der Waals surface area contributed by atoms with Crippen molar-refractivity contribution >= 4 is 21.6 Å². The summed E-state index contributed by atoms with van der Waals surface area (Å²) in [4.78, 5) is 2.30. The number of nitrogens with two attached hydrogens (primary N) is 1. The number of hydrogen-bond donors (Lipinski definition) is 2. The third-order valence-corrected chi connectivity index (χ3v) is 4.19. The van der Waals surface area contributed by atoms with E-state index in [-0.39, 0.29) is 12.6 Å². The van der Waals surface area contributed by atoms with E-state index in [1.54, 1.807) is 0 Å². The Morgan fingerprint density at radius 1 is 1.41 bits per heavy atom. The Morgan fingerprint density at radius 3 is 2.94 bits per heavy atom. The molecule has 0 spiro atoms. The van der Waals surface area contributed by atoms with E-state index < -0.39 is 0 Å². The monoisotopic (exact) mass is 298 g/mol. The number of piperidine rings is 1. The first kappa shape index (κ1) is 12.9. The highest BCUT2D eigenvalue weighted by Gasteiger charge is 2.23. The minimum atomic E-state index is 0.219. The lowest BCUT2D eigenvalue weighted by atomic mass is 10.0. The number of rotatable bonds is 3. The van der Waals surface area contributed by atoms with Gasteiger partial charge in [-0.25, -0.2) is 0 Å². The predicted octanol–water partition coefficient (Wildman–Crippen LogP) is 2.26. The van der Waals surface area contributed by atoms with Crippen molar-refractivity contribution in [2.75, 3.05) is 18.1 Å². The molecule has 1 fully saturated rings. The molecule has 1 unspecified atom stereocenters. The summed E-state index contributed by atoms with van der Waals surface area (Å²) in [7, 11) is 0. The first-order chi connectivity index (χ1) is 8.27. The molecule has 1 atom stereocenters. The highest BCUT2D eigenvalue weighted by molar-refractivity contribution is 9.10. The minimum absolute atomic E-state index is 0.219. The second-order valence-corrected chi connectivity index (χ2v) is 5.32. The van der Waals surface area contributed by atoms with Crippen LogP contribution in [0.4, 0.5) is 5.69 Å². The highest BCUT2D eigenvalue weighted by Crippen LogP contribution is 2.31. The molecule has 1 aliphatic rings. The van der Waals surface area contributed by atoms with Gasteiger partial charge in [0.25, 0.3) is 0 Å². The second-order valence-electron chi connectivity index (χ2n) is 4.47. The maximum Gasteiger partial charge on any atom is 0.0635 e. The molecule has 1 heterocycles. The zero-order chi connectivity index (χ0) is 12.3. The van der Waals surface area contributed by atoms with Gasteiger partial charge in [-0.3, -0.25) is 0 Å². The fraction of sp³-hybridized carbons (Fsp3) is 0.538. The molecular weight excluding hydrogens is 280 g/mol. The summed E-state index contributed by atoms with van der Waals surface area (Å²) >= 11 is 3.55. The van der Waals surface area contributed by atoms with Gasteiger partial charge < -0.3 is 15.7 Å². The SMILES string of the molecule is NCc1c(Br)cccc1N1CCCCC1CO. The van der Waals surface area contributed by atoms with Crippen molar-refractivity contribution in [3.63, 3.8) is 0 Å². The van der Waals surface area contributed by atoms with E-state index >= 15 is 0 Å². The van der Waals surface area contributed by atoms with Crippen LogP contribution in [0.2, 0.25) is 0 Å². The van der Waals surface area contributed by atoms with Crippen LogP contribution in [0.5, 0.6) is 0 Å². The van der Waals surface area contributed by atoms with Crippen molar-refractivity contribution in [1.82, 2.24) is 0 Å². The van der Waals surface area contributed by atoms with E-state index in [4.69, 9.17) is 5.73 Å². The van der Waals surface area contributed by atoms with Gasteiger partial charge in [0.2, 0.25) is 0 Å². The lowest BCUT2D eigenvalue weighted by Gasteiger charge is -2.37. The Kier molecular flexibility index (Phi) is 4.42. The summed E-state index contributed by atoms with van der Waals surface area (Å²) in [6.07, 6.45) is 3.45. The molecule has 1 aromatic carbocycles. The Hall–Kier alpha value is -0.580. The van der Waals surface area contributed by atoms with Crippen LogP contribution in [0.1, 0.15) is 24.8 Å². The van der Waals surface area contributed by atoms with Gasteiger partial charge in [0.15, 0.2) is 0 Å². The molecule has 1 aromatic rings. The van der Waals surface area contributed by atoms with Gasteiger partial charge in [0.05, 0.1) is 12.6 Å². The van der Waals surface area contributed by atoms with Crippen LogP contribution in [0.25, 0.3) is 0 Å². The van der Waals surface area contributed by atoms with Gasteiger partial charge in [0.1, 0.15) is 0 Å². The van der Waals surface area contributed by atoms with Gasteiger partial charge in [-0.2, -0.15) is 0 Å². The average molecular weight is 299 g/mol. The third kappa shape index (κ3) is 2.64. The summed E-state index contributed by atoms with van der Waals surface area (Å²) in [5.74, 6) is 0. The third-order valence-electron chi connectivity index (χ3n) is 3.45. The van der Waals surface area contributed by atoms with Crippen LogP contribution in [0, 0.1) is 0 Å². The number of hydrogen-bond acceptors (Lipinski definition) is 3. The van der Waals surface area contributed by atoms with E-state index in [1.807, 2.05) is 12.1 Å². The fourth-order valence-electron chi connectivity index (χ4n) is 2.53.